The predicted octanol–water partition coefficient (Wildman–Crippen LogP) is 0.344. The van der Waals surface area contributed by atoms with Crippen molar-refractivity contribution in [1.82, 2.24) is 4.98 Å². The van der Waals surface area contributed by atoms with Gasteiger partial charge in [-0.1, -0.05) is 11.6 Å². The van der Waals surface area contributed by atoms with Gasteiger partial charge in [0, 0.05) is 18.8 Å². The van der Waals surface area contributed by atoms with E-state index >= 15 is 0 Å². The minimum Gasteiger partial charge on any atom is -0.363 e. The largest absolute Gasteiger partial charge is 0.363 e. The molecular weight excluding hydrogens is 272 g/mol. The molecule has 0 radical (unpaired) electrons. The molecular formula is C7H9ClN4O4S. The monoisotopic (exact) mass is 280 g/mol. The minimum absolute atomic E-state index is 0.0527. The summed E-state index contributed by atoms with van der Waals surface area (Å²) in [5.74, 6) is -0.405. The molecule has 17 heavy (non-hydrogen) atoms. The van der Waals surface area contributed by atoms with Crippen LogP contribution in [0.4, 0.5) is 11.5 Å². The molecule has 0 saturated heterocycles. The summed E-state index contributed by atoms with van der Waals surface area (Å²) >= 11 is 5.56. The second-order valence-electron chi connectivity index (χ2n) is 3.07. The van der Waals surface area contributed by atoms with Crippen LogP contribution in [0.25, 0.3) is 0 Å². The van der Waals surface area contributed by atoms with Gasteiger partial charge in [-0.15, -0.1) is 0 Å². The van der Waals surface area contributed by atoms with E-state index in [1.807, 2.05) is 0 Å². The zero-order chi connectivity index (χ0) is 13.1. The number of nitrogens with zero attached hydrogens (tertiary/aromatic N) is 2. The zero-order valence-electron chi connectivity index (χ0n) is 8.46. The van der Waals surface area contributed by atoms with Crippen molar-refractivity contribution < 1.29 is 13.3 Å². The lowest BCUT2D eigenvalue weighted by Gasteiger charge is -2.05. The number of primary sulfonamides is 1. The van der Waals surface area contributed by atoms with Crippen molar-refractivity contribution in [2.24, 2.45) is 5.14 Å². The average Bonchev–Trinajstić information content (AvgIpc) is 2.18. The van der Waals surface area contributed by atoms with Gasteiger partial charge >= 0.3 is 5.69 Å². The highest BCUT2D eigenvalue weighted by Crippen LogP contribution is 2.24. The van der Waals surface area contributed by atoms with Crippen molar-refractivity contribution in [3.05, 3.63) is 27.4 Å². The summed E-state index contributed by atoms with van der Waals surface area (Å²) < 4.78 is 21.3. The molecule has 3 N–H and O–H groups in total. The highest BCUT2D eigenvalue weighted by atomic mass is 35.5. The summed E-state index contributed by atoms with van der Waals surface area (Å²) in [5.41, 5.74) is -0.327. The average molecular weight is 281 g/mol. The standard InChI is InChI=1S/C7H9ClN4O4S/c8-5-3-6(12(13)14)7(11-4-5)10-1-2-17(9,15)16/h3-4H,1-2H2,(H,10,11)(H2,9,15,16). The first-order valence-corrected chi connectivity index (χ1v) is 6.43. The van der Waals surface area contributed by atoms with Gasteiger partial charge in [-0.3, -0.25) is 10.1 Å². The van der Waals surface area contributed by atoms with Crippen LogP contribution in [-0.4, -0.2) is 30.6 Å². The van der Waals surface area contributed by atoms with E-state index in [4.69, 9.17) is 16.7 Å². The molecule has 0 atom stereocenters. The molecule has 94 valence electrons. The number of rotatable bonds is 5. The number of pyridine rings is 1. The smallest absolute Gasteiger partial charge is 0.312 e. The maximum absolute atomic E-state index is 10.7. The van der Waals surface area contributed by atoms with Crippen LogP contribution >= 0.6 is 11.6 Å². The van der Waals surface area contributed by atoms with E-state index in [-0.39, 0.29) is 28.8 Å². The molecule has 1 aromatic rings. The highest BCUT2D eigenvalue weighted by Gasteiger charge is 2.16. The molecule has 1 aromatic heterocycles. The molecule has 10 heteroatoms. The summed E-state index contributed by atoms with van der Waals surface area (Å²) in [5, 5.41) is 18.1. The molecule has 1 heterocycles. The Morgan fingerprint density at radius 2 is 2.24 bits per heavy atom. The van der Waals surface area contributed by atoms with Crippen LogP contribution in [0.5, 0.6) is 0 Å². The van der Waals surface area contributed by atoms with Crippen LogP contribution in [0.3, 0.4) is 0 Å². The zero-order valence-corrected chi connectivity index (χ0v) is 10.0. The van der Waals surface area contributed by atoms with Gasteiger partial charge in [0.25, 0.3) is 0 Å². The van der Waals surface area contributed by atoms with E-state index in [9.17, 15) is 18.5 Å². The first-order chi connectivity index (χ1) is 7.79. The first kappa shape index (κ1) is 13.6. The molecule has 0 aliphatic carbocycles. The number of aromatic nitrogens is 1. The number of nitrogens with one attached hydrogen (secondary N) is 1. The molecule has 0 amide bonds. The lowest BCUT2D eigenvalue weighted by molar-refractivity contribution is -0.384. The van der Waals surface area contributed by atoms with E-state index in [1.54, 1.807) is 0 Å². The van der Waals surface area contributed by atoms with Gasteiger partial charge in [0.2, 0.25) is 15.8 Å². The molecule has 0 spiro atoms. The summed E-state index contributed by atoms with van der Waals surface area (Å²) in [6, 6.07) is 1.12. The van der Waals surface area contributed by atoms with Gasteiger partial charge in [-0.05, 0) is 0 Å². The molecule has 0 aromatic carbocycles. The van der Waals surface area contributed by atoms with Gasteiger partial charge in [-0.25, -0.2) is 18.5 Å². The third kappa shape index (κ3) is 4.51. The fourth-order valence-corrected chi connectivity index (χ4v) is 1.55. The Balaban J connectivity index is 2.81. The molecule has 0 saturated carbocycles. The first-order valence-electron chi connectivity index (χ1n) is 4.34. The number of nitrogens with two attached hydrogens (primary N) is 1. The Morgan fingerprint density at radius 1 is 1.59 bits per heavy atom. The molecule has 1 rings (SSSR count). The summed E-state index contributed by atoms with van der Waals surface area (Å²) in [6.07, 6.45) is 1.22. The molecule has 0 aliphatic rings. The number of hydrogen-bond acceptors (Lipinski definition) is 6. The normalized spacial score (nSPS) is 11.2. The Kier molecular flexibility index (Phi) is 4.21. The van der Waals surface area contributed by atoms with E-state index in [2.05, 4.69) is 10.3 Å². The molecule has 8 nitrogen and oxygen atoms in total. The lowest BCUT2D eigenvalue weighted by Crippen LogP contribution is -2.22. The molecule has 0 fully saturated rings. The van der Waals surface area contributed by atoms with Gasteiger partial charge in [0.15, 0.2) is 0 Å². The van der Waals surface area contributed by atoms with Gasteiger partial charge in [0.05, 0.1) is 15.7 Å². The summed E-state index contributed by atoms with van der Waals surface area (Å²) in [6.45, 7) is -0.0751. The fraction of sp³-hybridized carbons (Fsp3) is 0.286. The van der Waals surface area contributed by atoms with E-state index in [0.717, 1.165) is 6.07 Å². The molecule has 0 unspecified atom stereocenters. The third-order valence-electron chi connectivity index (χ3n) is 1.71. The van der Waals surface area contributed by atoms with Gasteiger partial charge in [0.1, 0.15) is 0 Å². The van der Waals surface area contributed by atoms with Gasteiger partial charge in [-0.2, -0.15) is 0 Å². The van der Waals surface area contributed by atoms with Crippen LogP contribution in [0.15, 0.2) is 12.3 Å². The van der Waals surface area contributed by atoms with Crippen molar-refractivity contribution in [1.29, 1.82) is 0 Å². The topological polar surface area (TPSA) is 128 Å². The minimum atomic E-state index is -3.62. The second kappa shape index (κ2) is 5.25. The second-order valence-corrected chi connectivity index (χ2v) is 5.24. The SMILES string of the molecule is NS(=O)(=O)CCNc1ncc(Cl)cc1[N+](=O)[O-]. The van der Waals surface area contributed by atoms with Crippen molar-refractivity contribution in [3.8, 4) is 0 Å². The number of halogens is 1. The lowest BCUT2D eigenvalue weighted by atomic mass is 10.4. The Bertz CT molecular complexity index is 533. The fourth-order valence-electron chi connectivity index (χ4n) is 1.02. The van der Waals surface area contributed by atoms with Crippen molar-refractivity contribution in [2.75, 3.05) is 17.6 Å². The van der Waals surface area contributed by atoms with Crippen molar-refractivity contribution in [2.45, 2.75) is 0 Å². The number of hydrogen-bond donors (Lipinski definition) is 2. The van der Waals surface area contributed by atoms with Crippen LogP contribution in [0, 0.1) is 10.1 Å². The van der Waals surface area contributed by atoms with E-state index < -0.39 is 14.9 Å². The van der Waals surface area contributed by atoms with Crippen molar-refractivity contribution >= 4 is 33.1 Å². The van der Waals surface area contributed by atoms with Crippen molar-refractivity contribution in [3.63, 3.8) is 0 Å². The quantitative estimate of drug-likeness (QED) is 0.591. The predicted molar refractivity (Wildman–Crippen MR) is 62.4 cm³/mol. The van der Waals surface area contributed by atoms with E-state index in [1.165, 1.54) is 6.20 Å². The highest BCUT2D eigenvalue weighted by molar-refractivity contribution is 7.89. The van der Waals surface area contributed by atoms with Crippen LogP contribution < -0.4 is 10.5 Å². The van der Waals surface area contributed by atoms with Crippen LogP contribution in [0.2, 0.25) is 5.02 Å². The third-order valence-corrected chi connectivity index (χ3v) is 2.69. The number of nitro groups is 1. The Labute approximate surface area is 102 Å². The van der Waals surface area contributed by atoms with Gasteiger partial charge < -0.3 is 5.32 Å². The van der Waals surface area contributed by atoms with Crippen LogP contribution in [-0.2, 0) is 10.0 Å². The molecule has 0 aliphatic heterocycles. The maximum atomic E-state index is 10.7. The summed E-state index contributed by atoms with van der Waals surface area (Å²) in [4.78, 5) is 13.7. The van der Waals surface area contributed by atoms with E-state index in [0.29, 0.717) is 0 Å². The number of anilines is 1. The Morgan fingerprint density at radius 3 is 2.76 bits per heavy atom. The number of sulfonamides is 1. The van der Waals surface area contributed by atoms with Crippen LogP contribution in [0.1, 0.15) is 0 Å². The maximum Gasteiger partial charge on any atom is 0.312 e. The Hall–Kier alpha value is -1.45. The summed E-state index contributed by atoms with van der Waals surface area (Å²) in [7, 11) is -3.62. The molecule has 0 bridgehead atoms.